The van der Waals surface area contributed by atoms with Gasteiger partial charge in [0.05, 0.1) is 24.9 Å². The van der Waals surface area contributed by atoms with Crippen LogP contribution in [-0.4, -0.2) is 50.9 Å². The molecule has 2 N–H and O–H groups in total. The molecule has 3 saturated carbocycles. The zero-order chi connectivity index (χ0) is 24.2. The number of carbonyl (C=O) groups excluding carboxylic acids is 2. The van der Waals surface area contributed by atoms with Crippen LogP contribution >= 0.6 is 0 Å². The Labute approximate surface area is 206 Å². The maximum Gasteiger partial charge on any atom is 0.311 e. The molecule has 1 aromatic carbocycles. The van der Waals surface area contributed by atoms with Gasteiger partial charge in [-0.25, -0.2) is 0 Å². The number of esters is 2. The highest BCUT2D eigenvalue weighted by Crippen LogP contribution is 2.59. The van der Waals surface area contributed by atoms with E-state index in [0.717, 1.165) is 50.8 Å². The fourth-order valence-electron chi connectivity index (χ4n) is 7.41. The van der Waals surface area contributed by atoms with Crippen molar-refractivity contribution in [1.29, 1.82) is 0 Å². The number of ether oxygens (including phenoxy) is 2. The molecular formula is C26H34NO7S+. The van der Waals surface area contributed by atoms with Crippen LogP contribution in [0.3, 0.4) is 0 Å². The van der Waals surface area contributed by atoms with Crippen LogP contribution in [0.5, 0.6) is 0 Å². The normalized spacial score (nSPS) is 37.1. The summed E-state index contributed by atoms with van der Waals surface area (Å²) in [4.78, 5) is 26.7. The standard InChI is InChI=1S/C26H33NO7S/c28-24(16-7-3-1-4-8-16)32-21-18-15-19-22(21)34-35(30,31)23(19)20(18)25(29)33-26(11-13-27-14-12-26)17-9-5-2-6-10-17/h2,5-6,9-10,16,18-23,27H,1,3-4,7-8,11-15H2/p+1. The second-order valence-corrected chi connectivity index (χ2v) is 12.7. The van der Waals surface area contributed by atoms with Gasteiger partial charge in [-0.3, -0.25) is 13.8 Å². The van der Waals surface area contributed by atoms with Gasteiger partial charge in [0.15, 0.2) is 0 Å². The number of carbonyl (C=O) groups is 2. The van der Waals surface area contributed by atoms with Crippen LogP contribution in [0.25, 0.3) is 0 Å². The smallest absolute Gasteiger partial charge is 0.311 e. The first kappa shape index (κ1) is 23.4. The Kier molecular flexibility index (Phi) is 5.92. The average Bonchev–Trinajstić information content (AvgIpc) is 3.48. The number of rotatable bonds is 5. The van der Waals surface area contributed by atoms with E-state index in [1.54, 1.807) is 0 Å². The number of piperidine rings is 1. The molecule has 2 aliphatic heterocycles. The van der Waals surface area contributed by atoms with E-state index in [1.165, 1.54) is 0 Å². The molecule has 0 spiro atoms. The Morgan fingerprint density at radius 2 is 1.69 bits per heavy atom. The van der Waals surface area contributed by atoms with E-state index >= 15 is 0 Å². The average molecular weight is 505 g/mol. The summed E-state index contributed by atoms with van der Waals surface area (Å²) in [5.41, 5.74) is 0.166. The molecule has 2 bridgehead atoms. The maximum atomic E-state index is 13.8. The second kappa shape index (κ2) is 8.85. The predicted molar refractivity (Wildman–Crippen MR) is 124 cm³/mol. The highest BCUT2D eigenvalue weighted by Gasteiger charge is 2.72. The highest BCUT2D eigenvalue weighted by atomic mass is 32.2. The van der Waals surface area contributed by atoms with Gasteiger partial charge in [-0.2, -0.15) is 8.42 Å². The minimum atomic E-state index is -3.94. The summed E-state index contributed by atoms with van der Waals surface area (Å²) in [6, 6.07) is 9.74. The van der Waals surface area contributed by atoms with Gasteiger partial charge < -0.3 is 14.8 Å². The SMILES string of the molecule is O=C(OC1C2CC3C1OS(=O)(=O)C3C2C(=O)OC1(c2ccccc2)CC[NH2+]CC1)C1CCCCC1. The minimum absolute atomic E-state index is 0.151. The monoisotopic (exact) mass is 504 g/mol. The van der Waals surface area contributed by atoms with Crippen molar-refractivity contribution in [2.24, 2.45) is 23.7 Å². The Balaban J connectivity index is 1.27. The van der Waals surface area contributed by atoms with Crippen molar-refractivity contribution in [2.45, 2.75) is 74.4 Å². The van der Waals surface area contributed by atoms with Gasteiger partial charge in [0.2, 0.25) is 0 Å². The third-order valence-electron chi connectivity index (χ3n) is 9.09. The second-order valence-electron chi connectivity index (χ2n) is 11.0. The van der Waals surface area contributed by atoms with Gasteiger partial charge in [-0.15, -0.1) is 0 Å². The molecule has 6 rings (SSSR count). The van der Waals surface area contributed by atoms with E-state index in [2.05, 4.69) is 5.32 Å². The van der Waals surface area contributed by atoms with Crippen LogP contribution in [0.1, 0.15) is 56.9 Å². The van der Waals surface area contributed by atoms with Gasteiger partial charge in [-0.05, 0) is 24.8 Å². The van der Waals surface area contributed by atoms with E-state index in [-0.39, 0.29) is 17.8 Å². The van der Waals surface area contributed by atoms with Gasteiger partial charge in [0.25, 0.3) is 10.1 Å². The topological polar surface area (TPSA) is 113 Å². The summed E-state index contributed by atoms with van der Waals surface area (Å²) >= 11 is 0. The van der Waals surface area contributed by atoms with E-state index < -0.39 is 51.0 Å². The Hall–Kier alpha value is -1.97. The Morgan fingerprint density at radius 1 is 0.971 bits per heavy atom. The molecule has 190 valence electrons. The van der Waals surface area contributed by atoms with E-state index in [0.29, 0.717) is 19.3 Å². The number of quaternary nitrogens is 1. The summed E-state index contributed by atoms with van der Waals surface area (Å²) in [6.45, 7) is 1.65. The quantitative estimate of drug-likeness (QED) is 0.479. The van der Waals surface area contributed by atoms with Gasteiger partial charge in [-0.1, -0.05) is 49.6 Å². The number of hydrogen-bond donors (Lipinski definition) is 1. The molecule has 3 aliphatic carbocycles. The van der Waals surface area contributed by atoms with Crippen molar-refractivity contribution in [2.75, 3.05) is 13.1 Å². The van der Waals surface area contributed by atoms with Crippen molar-refractivity contribution in [3.8, 4) is 0 Å². The zero-order valence-corrected chi connectivity index (χ0v) is 20.7. The minimum Gasteiger partial charge on any atom is -0.459 e. The molecule has 0 aromatic heterocycles. The lowest BCUT2D eigenvalue weighted by Gasteiger charge is -2.38. The van der Waals surface area contributed by atoms with E-state index in [1.807, 2.05) is 30.3 Å². The number of benzene rings is 1. The van der Waals surface area contributed by atoms with E-state index in [9.17, 15) is 18.0 Å². The molecule has 9 heteroatoms. The molecule has 0 radical (unpaired) electrons. The van der Waals surface area contributed by atoms with Crippen molar-refractivity contribution < 1.29 is 37.0 Å². The van der Waals surface area contributed by atoms with Crippen LogP contribution in [0.15, 0.2) is 30.3 Å². The molecule has 2 heterocycles. The van der Waals surface area contributed by atoms with Gasteiger partial charge in [0, 0.05) is 24.7 Å². The van der Waals surface area contributed by atoms with Crippen LogP contribution in [0.2, 0.25) is 0 Å². The predicted octanol–water partition coefficient (Wildman–Crippen LogP) is 1.64. The molecule has 1 aromatic rings. The molecule has 6 unspecified atom stereocenters. The van der Waals surface area contributed by atoms with Gasteiger partial charge in [0.1, 0.15) is 23.1 Å². The van der Waals surface area contributed by atoms with Crippen molar-refractivity contribution in [3.05, 3.63) is 35.9 Å². The molecule has 0 amide bonds. The number of nitrogens with two attached hydrogens (primary N) is 1. The molecule has 6 atom stereocenters. The zero-order valence-electron chi connectivity index (χ0n) is 19.8. The summed E-state index contributed by atoms with van der Waals surface area (Å²) in [6.07, 6.45) is 5.16. The van der Waals surface area contributed by atoms with E-state index in [4.69, 9.17) is 13.7 Å². The van der Waals surface area contributed by atoms with Crippen molar-refractivity contribution in [1.82, 2.24) is 0 Å². The fraction of sp³-hybridized carbons (Fsp3) is 0.692. The summed E-state index contributed by atoms with van der Waals surface area (Å²) in [5, 5.41) is 1.28. The summed E-state index contributed by atoms with van der Waals surface area (Å²) in [5.74, 6) is -2.53. The lowest BCUT2D eigenvalue weighted by molar-refractivity contribution is -0.668. The third-order valence-corrected chi connectivity index (χ3v) is 10.9. The van der Waals surface area contributed by atoms with Crippen molar-refractivity contribution in [3.63, 3.8) is 0 Å². The number of fused-ring (bicyclic) bond motifs is 1. The first-order valence-corrected chi connectivity index (χ1v) is 14.6. The lowest BCUT2D eigenvalue weighted by Crippen LogP contribution is -2.87. The first-order chi connectivity index (χ1) is 16.9. The maximum absolute atomic E-state index is 13.8. The highest BCUT2D eigenvalue weighted by molar-refractivity contribution is 7.87. The summed E-state index contributed by atoms with van der Waals surface area (Å²) < 4.78 is 43.7. The van der Waals surface area contributed by atoms with Crippen LogP contribution in [0, 0.1) is 23.7 Å². The number of hydrogen-bond acceptors (Lipinski definition) is 7. The summed E-state index contributed by atoms with van der Waals surface area (Å²) in [7, 11) is -3.94. The Morgan fingerprint density at radius 3 is 2.40 bits per heavy atom. The van der Waals surface area contributed by atoms with Gasteiger partial charge >= 0.3 is 11.9 Å². The lowest BCUT2D eigenvalue weighted by atomic mass is 9.82. The van der Waals surface area contributed by atoms with Crippen LogP contribution < -0.4 is 5.32 Å². The first-order valence-electron chi connectivity index (χ1n) is 13.1. The van der Waals surface area contributed by atoms with Crippen molar-refractivity contribution >= 4 is 22.1 Å². The van der Waals surface area contributed by atoms with Crippen LogP contribution in [-0.2, 0) is 39.0 Å². The molecule has 5 aliphatic rings. The Bertz CT molecular complexity index is 1080. The third kappa shape index (κ3) is 3.90. The van der Waals surface area contributed by atoms with Crippen LogP contribution in [0.4, 0.5) is 0 Å². The molecule has 2 saturated heterocycles. The molecular weight excluding hydrogens is 470 g/mol. The molecule has 35 heavy (non-hydrogen) atoms. The fourth-order valence-corrected chi connectivity index (χ4v) is 9.47. The molecule has 8 nitrogen and oxygen atoms in total. The largest absolute Gasteiger partial charge is 0.459 e. The molecule has 5 fully saturated rings.